The summed E-state index contributed by atoms with van der Waals surface area (Å²) in [7, 11) is 0. The van der Waals surface area contributed by atoms with Crippen molar-refractivity contribution in [2.45, 2.75) is 12.5 Å². The number of nitrogens with zero attached hydrogens (tertiary/aromatic N) is 1. The summed E-state index contributed by atoms with van der Waals surface area (Å²) in [6.45, 7) is 0.213. The molecule has 0 spiro atoms. The maximum Gasteiger partial charge on any atom is 0.411 e. The van der Waals surface area contributed by atoms with Gasteiger partial charge in [0.05, 0.1) is 0 Å². The first-order valence-corrected chi connectivity index (χ1v) is 8.65. The van der Waals surface area contributed by atoms with Gasteiger partial charge < -0.3 is 10.8 Å². The van der Waals surface area contributed by atoms with Crippen molar-refractivity contribution in [3.05, 3.63) is 89.5 Å². The van der Waals surface area contributed by atoms with E-state index in [4.69, 9.17) is 5.73 Å². The molecule has 3 aromatic rings. The standard InChI is InChI=1S/C22H20N2O2/c23-21(15-6-2-1-3-7-15)14-24(22(25)26)18-10-11-20-17(13-18)12-16-8-4-5-9-19(16)20/h1-11,13,21H,12,14,23H2,(H,25,26). The molecule has 0 radical (unpaired) electrons. The van der Waals surface area contributed by atoms with Crippen LogP contribution in [0.1, 0.15) is 22.7 Å². The number of hydrogen-bond acceptors (Lipinski definition) is 2. The Hall–Kier alpha value is -3.11. The molecule has 0 bridgehead atoms. The van der Waals surface area contributed by atoms with Gasteiger partial charge >= 0.3 is 6.09 Å². The van der Waals surface area contributed by atoms with E-state index < -0.39 is 6.09 Å². The molecule has 1 atom stereocenters. The molecule has 26 heavy (non-hydrogen) atoms. The summed E-state index contributed by atoms with van der Waals surface area (Å²) in [6.07, 6.45) is -0.163. The monoisotopic (exact) mass is 344 g/mol. The zero-order valence-corrected chi connectivity index (χ0v) is 14.3. The fourth-order valence-corrected chi connectivity index (χ4v) is 3.60. The highest BCUT2D eigenvalue weighted by Gasteiger charge is 2.23. The molecule has 4 heteroatoms. The lowest BCUT2D eigenvalue weighted by atomic mass is 10.0. The first kappa shape index (κ1) is 16.4. The van der Waals surface area contributed by atoms with Crippen LogP contribution in [0.2, 0.25) is 0 Å². The number of anilines is 1. The molecule has 1 aliphatic rings. The van der Waals surface area contributed by atoms with E-state index in [0.29, 0.717) is 5.69 Å². The molecule has 1 amide bonds. The minimum absolute atomic E-state index is 0.213. The van der Waals surface area contributed by atoms with Crippen LogP contribution in [0.5, 0.6) is 0 Å². The Morgan fingerprint density at radius 3 is 2.42 bits per heavy atom. The van der Waals surface area contributed by atoms with Crippen molar-refractivity contribution in [3.8, 4) is 11.1 Å². The number of fused-ring (bicyclic) bond motifs is 3. The van der Waals surface area contributed by atoms with Gasteiger partial charge in [-0.2, -0.15) is 0 Å². The van der Waals surface area contributed by atoms with Crippen molar-refractivity contribution < 1.29 is 9.90 Å². The first-order chi connectivity index (χ1) is 12.6. The SMILES string of the molecule is NC(CN(C(=O)O)c1ccc2c(c1)Cc1ccccc1-2)c1ccccc1. The van der Waals surface area contributed by atoms with Crippen LogP contribution in [-0.2, 0) is 6.42 Å². The molecule has 1 aliphatic carbocycles. The molecular weight excluding hydrogens is 324 g/mol. The number of carboxylic acid groups (broad SMARTS) is 1. The van der Waals surface area contributed by atoms with Crippen LogP contribution in [-0.4, -0.2) is 17.7 Å². The van der Waals surface area contributed by atoms with Crippen molar-refractivity contribution in [3.63, 3.8) is 0 Å². The normalized spacial score (nSPS) is 13.0. The second-order valence-electron chi connectivity index (χ2n) is 6.59. The molecule has 4 rings (SSSR count). The summed E-state index contributed by atoms with van der Waals surface area (Å²) in [5.74, 6) is 0. The first-order valence-electron chi connectivity index (χ1n) is 8.65. The van der Waals surface area contributed by atoms with Gasteiger partial charge in [0.15, 0.2) is 0 Å². The van der Waals surface area contributed by atoms with Gasteiger partial charge in [-0.25, -0.2) is 4.79 Å². The number of benzene rings is 3. The van der Waals surface area contributed by atoms with Gasteiger partial charge in [0.25, 0.3) is 0 Å². The number of carbonyl (C=O) groups is 1. The van der Waals surface area contributed by atoms with Gasteiger partial charge in [0.1, 0.15) is 0 Å². The predicted octanol–water partition coefficient (Wildman–Crippen LogP) is 4.44. The molecular formula is C22H20N2O2. The van der Waals surface area contributed by atoms with Crippen LogP contribution in [0.3, 0.4) is 0 Å². The van der Waals surface area contributed by atoms with E-state index >= 15 is 0 Å². The third kappa shape index (κ3) is 2.95. The Labute approximate surface area is 152 Å². The van der Waals surface area contributed by atoms with Gasteiger partial charge in [0.2, 0.25) is 0 Å². The minimum atomic E-state index is -0.994. The fourth-order valence-electron chi connectivity index (χ4n) is 3.60. The highest BCUT2D eigenvalue weighted by Crippen LogP contribution is 2.38. The quantitative estimate of drug-likeness (QED) is 0.575. The molecule has 4 nitrogen and oxygen atoms in total. The smallest absolute Gasteiger partial charge is 0.411 e. The van der Waals surface area contributed by atoms with E-state index in [9.17, 15) is 9.90 Å². The predicted molar refractivity (Wildman–Crippen MR) is 103 cm³/mol. The highest BCUT2D eigenvalue weighted by molar-refractivity contribution is 5.88. The Morgan fingerprint density at radius 2 is 1.65 bits per heavy atom. The van der Waals surface area contributed by atoms with Crippen molar-refractivity contribution in [2.24, 2.45) is 5.73 Å². The molecule has 3 N–H and O–H groups in total. The summed E-state index contributed by atoms with van der Waals surface area (Å²) in [4.78, 5) is 13.2. The van der Waals surface area contributed by atoms with E-state index in [2.05, 4.69) is 12.1 Å². The number of amides is 1. The number of nitrogens with two attached hydrogens (primary N) is 1. The average Bonchev–Trinajstić information content (AvgIpc) is 3.04. The molecule has 130 valence electrons. The van der Waals surface area contributed by atoms with E-state index in [1.54, 1.807) is 0 Å². The van der Waals surface area contributed by atoms with Crippen molar-refractivity contribution in [1.29, 1.82) is 0 Å². The molecule has 1 unspecified atom stereocenters. The van der Waals surface area contributed by atoms with Gasteiger partial charge in [0, 0.05) is 18.3 Å². The van der Waals surface area contributed by atoms with Gasteiger partial charge in [-0.15, -0.1) is 0 Å². The Kier molecular flexibility index (Phi) is 4.19. The third-order valence-corrected chi connectivity index (χ3v) is 4.93. The van der Waals surface area contributed by atoms with E-state index in [0.717, 1.165) is 17.5 Å². The van der Waals surface area contributed by atoms with Gasteiger partial charge in [-0.1, -0.05) is 60.7 Å². The van der Waals surface area contributed by atoms with Crippen molar-refractivity contribution in [2.75, 3.05) is 11.4 Å². The zero-order chi connectivity index (χ0) is 18.1. The van der Waals surface area contributed by atoms with Crippen LogP contribution in [0.25, 0.3) is 11.1 Å². The summed E-state index contributed by atoms with van der Waals surface area (Å²) in [5, 5.41) is 9.71. The van der Waals surface area contributed by atoms with E-state index in [-0.39, 0.29) is 12.6 Å². The van der Waals surface area contributed by atoms with Crippen LogP contribution in [0.4, 0.5) is 10.5 Å². The average molecular weight is 344 g/mol. The molecule has 0 heterocycles. The second kappa shape index (κ2) is 6.65. The molecule has 0 saturated carbocycles. The Bertz CT molecular complexity index is 953. The van der Waals surface area contributed by atoms with E-state index in [1.807, 2.05) is 60.7 Å². The maximum atomic E-state index is 11.9. The van der Waals surface area contributed by atoms with Crippen LogP contribution >= 0.6 is 0 Å². The van der Waals surface area contributed by atoms with Crippen LogP contribution in [0.15, 0.2) is 72.8 Å². The summed E-state index contributed by atoms with van der Waals surface area (Å²) in [6, 6.07) is 23.4. The summed E-state index contributed by atoms with van der Waals surface area (Å²) >= 11 is 0. The van der Waals surface area contributed by atoms with Crippen LogP contribution in [0, 0.1) is 0 Å². The molecule has 0 fully saturated rings. The number of rotatable bonds is 4. The van der Waals surface area contributed by atoms with Crippen molar-refractivity contribution in [1.82, 2.24) is 0 Å². The highest BCUT2D eigenvalue weighted by atomic mass is 16.4. The molecule has 0 aromatic heterocycles. The van der Waals surface area contributed by atoms with Gasteiger partial charge in [-0.05, 0) is 46.4 Å². The lowest BCUT2D eigenvalue weighted by molar-refractivity contribution is 0.201. The Morgan fingerprint density at radius 1 is 0.962 bits per heavy atom. The van der Waals surface area contributed by atoms with Gasteiger partial charge in [-0.3, -0.25) is 4.90 Å². The molecule has 3 aromatic carbocycles. The minimum Gasteiger partial charge on any atom is -0.465 e. The lowest BCUT2D eigenvalue weighted by Gasteiger charge is -2.24. The number of hydrogen-bond donors (Lipinski definition) is 2. The zero-order valence-electron chi connectivity index (χ0n) is 14.3. The third-order valence-electron chi connectivity index (χ3n) is 4.93. The molecule has 0 aliphatic heterocycles. The van der Waals surface area contributed by atoms with Crippen molar-refractivity contribution >= 4 is 11.8 Å². The maximum absolute atomic E-state index is 11.9. The lowest BCUT2D eigenvalue weighted by Crippen LogP contribution is -2.36. The molecule has 0 saturated heterocycles. The van der Waals surface area contributed by atoms with E-state index in [1.165, 1.54) is 21.6 Å². The summed E-state index contributed by atoms with van der Waals surface area (Å²) in [5.41, 5.74) is 12.7. The summed E-state index contributed by atoms with van der Waals surface area (Å²) < 4.78 is 0. The fraction of sp³-hybridized carbons (Fsp3) is 0.136. The largest absolute Gasteiger partial charge is 0.465 e. The topological polar surface area (TPSA) is 66.6 Å². The Balaban J connectivity index is 1.62. The van der Waals surface area contributed by atoms with Crippen LogP contribution < -0.4 is 10.6 Å². The second-order valence-corrected chi connectivity index (χ2v) is 6.59.